The third kappa shape index (κ3) is 2.96. The molecule has 8 heteroatoms. The van der Waals surface area contributed by atoms with Crippen LogP contribution in [0.25, 0.3) is 5.70 Å². The molecule has 4 rings (SSSR count). The zero-order valence-corrected chi connectivity index (χ0v) is 15.0. The molecule has 4 heterocycles. The number of nitrogens with one attached hydrogen (secondary N) is 2. The number of hydrogen-bond donors (Lipinski definition) is 3. The number of thiophene rings is 1. The summed E-state index contributed by atoms with van der Waals surface area (Å²) in [5.74, 6) is 1.69. The van der Waals surface area contributed by atoms with Gasteiger partial charge in [0.1, 0.15) is 0 Å². The zero-order valence-electron chi connectivity index (χ0n) is 14.2. The van der Waals surface area contributed by atoms with E-state index in [1.165, 1.54) is 24.2 Å². The smallest absolute Gasteiger partial charge is 0.251 e. The first-order valence-electron chi connectivity index (χ1n) is 8.58. The highest BCUT2D eigenvalue weighted by Gasteiger charge is 2.36. The van der Waals surface area contributed by atoms with E-state index in [0.717, 1.165) is 36.0 Å². The first-order chi connectivity index (χ1) is 12.2. The Kier molecular flexibility index (Phi) is 4.30. The fourth-order valence-corrected chi connectivity index (χ4v) is 4.52. The molecular weight excluding hydrogens is 336 g/mol. The van der Waals surface area contributed by atoms with Gasteiger partial charge in [-0.3, -0.25) is 9.79 Å². The van der Waals surface area contributed by atoms with Crippen molar-refractivity contribution in [3.63, 3.8) is 0 Å². The molecule has 0 saturated carbocycles. The van der Waals surface area contributed by atoms with Crippen LogP contribution in [0.15, 0.2) is 27.6 Å². The van der Waals surface area contributed by atoms with Gasteiger partial charge in [0.15, 0.2) is 11.7 Å². The van der Waals surface area contributed by atoms with E-state index in [1.807, 2.05) is 11.4 Å². The van der Waals surface area contributed by atoms with Crippen LogP contribution in [0.5, 0.6) is 0 Å². The Morgan fingerprint density at radius 1 is 1.52 bits per heavy atom. The number of nitrogens with two attached hydrogens (primary N) is 1. The molecular formula is C17H22N6OS. The molecule has 2 atom stereocenters. The fourth-order valence-electron chi connectivity index (χ4n) is 3.61. The Morgan fingerprint density at radius 2 is 2.40 bits per heavy atom. The predicted molar refractivity (Wildman–Crippen MR) is 101 cm³/mol. The summed E-state index contributed by atoms with van der Waals surface area (Å²) in [5.41, 5.74) is 7.72. The van der Waals surface area contributed by atoms with E-state index in [-0.39, 0.29) is 11.9 Å². The quantitative estimate of drug-likeness (QED) is 0.747. The van der Waals surface area contributed by atoms with Crippen LogP contribution in [0.3, 0.4) is 0 Å². The normalized spacial score (nSPS) is 25.8. The number of nitrogens with zero attached hydrogens (tertiary/aromatic N) is 3. The van der Waals surface area contributed by atoms with E-state index in [9.17, 15) is 4.79 Å². The number of rotatable bonds is 3. The molecule has 4 N–H and O–H groups in total. The summed E-state index contributed by atoms with van der Waals surface area (Å²) >= 11 is 1.54. The molecule has 25 heavy (non-hydrogen) atoms. The van der Waals surface area contributed by atoms with Gasteiger partial charge in [-0.25, -0.2) is 4.99 Å². The second-order valence-electron chi connectivity index (χ2n) is 6.54. The second kappa shape index (κ2) is 6.61. The Morgan fingerprint density at radius 3 is 3.16 bits per heavy atom. The van der Waals surface area contributed by atoms with Crippen molar-refractivity contribution in [1.29, 1.82) is 0 Å². The maximum Gasteiger partial charge on any atom is 0.251 e. The first kappa shape index (κ1) is 16.3. The Bertz CT molecular complexity index is 774. The maximum atomic E-state index is 11.8. The van der Waals surface area contributed by atoms with Gasteiger partial charge < -0.3 is 21.3 Å². The van der Waals surface area contributed by atoms with E-state index >= 15 is 0 Å². The van der Waals surface area contributed by atoms with Crippen LogP contribution < -0.4 is 16.4 Å². The van der Waals surface area contributed by atoms with E-state index in [0.29, 0.717) is 17.3 Å². The van der Waals surface area contributed by atoms with Gasteiger partial charge in [0, 0.05) is 25.5 Å². The SMILES string of the molecule is CNC(=O)c1csc(C2=CN=C(N)C3=NC([C@H]4CCCNC4)CN23)c1. The van der Waals surface area contributed by atoms with Crippen LogP contribution in [-0.4, -0.2) is 55.2 Å². The minimum atomic E-state index is -0.0802. The molecule has 0 aromatic carbocycles. The maximum absolute atomic E-state index is 11.8. The average molecular weight is 358 g/mol. The number of carbonyl (C=O) groups excluding carboxylic acids is 1. The van der Waals surface area contributed by atoms with Crippen molar-refractivity contribution in [2.24, 2.45) is 21.6 Å². The Labute approximate surface area is 150 Å². The van der Waals surface area contributed by atoms with Gasteiger partial charge in [0.25, 0.3) is 5.91 Å². The van der Waals surface area contributed by atoms with E-state index in [4.69, 9.17) is 10.7 Å². The van der Waals surface area contributed by atoms with Crippen LogP contribution in [0.2, 0.25) is 0 Å². The van der Waals surface area contributed by atoms with Gasteiger partial charge in [-0.05, 0) is 31.4 Å². The lowest BCUT2D eigenvalue weighted by atomic mass is 9.92. The monoisotopic (exact) mass is 358 g/mol. The molecule has 1 amide bonds. The predicted octanol–water partition coefficient (Wildman–Crippen LogP) is 0.859. The third-order valence-electron chi connectivity index (χ3n) is 4.98. The molecule has 7 nitrogen and oxygen atoms in total. The van der Waals surface area contributed by atoms with Crippen LogP contribution in [0, 0.1) is 5.92 Å². The van der Waals surface area contributed by atoms with Crippen molar-refractivity contribution in [3.05, 3.63) is 28.1 Å². The van der Waals surface area contributed by atoms with E-state index in [2.05, 4.69) is 20.5 Å². The minimum absolute atomic E-state index is 0.0802. The van der Waals surface area contributed by atoms with E-state index < -0.39 is 0 Å². The topological polar surface area (TPSA) is 95.1 Å². The van der Waals surface area contributed by atoms with Crippen molar-refractivity contribution < 1.29 is 4.79 Å². The molecule has 1 fully saturated rings. The molecule has 1 unspecified atom stereocenters. The largest absolute Gasteiger partial charge is 0.381 e. The molecule has 1 aromatic rings. The van der Waals surface area contributed by atoms with Crippen LogP contribution in [0.1, 0.15) is 28.1 Å². The number of aliphatic imine (C=N–C) groups is 2. The summed E-state index contributed by atoms with van der Waals surface area (Å²) in [6.45, 7) is 2.91. The third-order valence-corrected chi connectivity index (χ3v) is 5.93. The minimum Gasteiger partial charge on any atom is -0.381 e. The van der Waals surface area contributed by atoms with Crippen molar-refractivity contribution in [2.75, 3.05) is 26.7 Å². The highest BCUT2D eigenvalue weighted by Crippen LogP contribution is 2.33. The zero-order chi connectivity index (χ0) is 17.4. The molecule has 1 aromatic heterocycles. The van der Waals surface area contributed by atoms with Crippen LogP contribution in [-0.2, 0) is 0 Å². The summed E-state index contributed by atoms with van der Waals surface area (Å²) < 4.78 is 0. The molecule has 0 aliphatic carbocycles. The number of amidine groups is 2. The highest BCUT2D eigenvalue weighted by molar-refractivity contribution is 7.11. The van der Waals surface area contributed by atoms with Crippen LogP contribution in [0.4, 0.5) is 0 Å². The standard InChI is InChI=1S/C17H22N6OS/c1-19-17(24)11-5-14(25-9-11)13-7-21-15(18)16-22-12(8-23(13)16)10-3-2-4-20-6-10/h5,7,9-10,12,20H,2-4,6,8H2,1H3,(H2,18,21)(H,19,24)/t10-,12?/m0/s1. The van der Waals surface area contributed by atoms with Crippen molar-refractivity contribution in [3.8, 4) is 0 Å². The van der Waals surface area contributed by atoms with Crippen LogP contribution >= 0.6 is 11.3 Å². The lowest BCUT2D eigenvalue weighted by molar-refractivity contribution is 0.0963. The summed E-state index contributed by atoms with van der Waals surface area (Å²) in [6.07, 6.45) is 4.17. The van der Waals surface area contributed by atoms with Crippen molar-refractivity contribution in [2.45, 2.75) is 18.9 Å². The summed E-state index contributed by atoms with van der Waals surface area (Å²) in [7, 11) is 1.64. The van der Waals surface area contributed by atoms with Gasteiger partial charge >= 0.3 is 0 Å². The van der Waals surface area contributed by atoms with Crippen molar-refractivity contribution in [1.82, 2.24) is 15.5 Å². The number of hydrogen-bond acceptors (Lipinski definition) is 7. The van der Waals surface area contributed by atoms with Gasteiger partial charge in [0.2, 0.25) is 0 Å². The summed E-state index contributed by atoms with van der Waals surface area (Å²) in [6, 6.07) is 2.14. The van der Waals surface area contributed by atoms with Gasteiger partial charge in [-0.1, -0.05) is 0 Å². The number of fused-ring (bicyclic) bond motifs is 1. The summed E-state index contributed by atoms with van der Waals surface area (Å²) in [4.78, 5) is 24.2. The molecule has 0 spiro atoms. The average Bonchev–Trinajstić information content (AvgIpc) is 3.30. The number of carbonyl (C=O) groups is 1. The van der Waals surface area contributed by atoms with Gasteiger partial charge in [0.05, 0.1) is 28.4 Å². The first-order valence-corrected chi connectivity index (χ1v) is 9.46. The summed E-state index contributed by atoms with van der Waals surface area (Å²) in [5, 5.41) is 7.99. The van der Waals surface area contributed by atoms with Crippen molar-refractivity contribution >= 4 is 34.6 Å². The Balaban J connectivity index is 1.60. The Hall–Kier alpha value is -2.19. The molecule has 0 bridgehead atoms. The molecule has 0 radical (unpaired) electrons. The van der Waals surface area contributed by atoms with E-state index in [1.54, 1.807) is 13.2 Å². The molecule has 3 aliphatic heterocycles. The number of amides is 1. The number of piperidine rings is 1. The lowest BCUT2D eigenvalue weighted by Crippen LogP contribution is -2.41. The highest BCUT2D eigenvalue weighted by atomic mass is 32.1. The van der Waals surface area contributed by atoms with Gasteiger partial charge in [-0.2, -0.15) is 0 Å². The molecule has 1 saturated heterocycles. The van der Waals surface area contributed by atoms with Gasteiger partial charge in [-0.15, -0.1) is 11.3 Å². The lowest BCUT2D eigenvalue weighted by Gasteiger charge is -2.28. The second-order valence-corrected chi connectivity index (χ2v) is 7.46. The molecule has 132 valence electrons. The molecule has 3 aliphatic rings. The fraction of sp³-hybridized carbons (Fsp3) is 0.471.